The summed E-state index contributed by atoms with van der Waals surface area (Å²) in [5, 5.41) is 7.90. The zero-order chi connectivity index (χ0) is 23.7. The Morgan fingerprint density at radius 1 is 1.03 bits per heavy atom. The maximum Gasteiger partial charge on any atom is 0.257 e. The summed E-state index contributed by atoms with van der Waals surface area (Å²) in [6, 6.07) is 20.3. The minimum absolute atomic E-state index is 0.104. The van der Waals surface area contributed by atoms with E-state index in [2.05, 4.69) is 20.4 Å². The highest BCUT2D eigenvalue weighted by Crippen LogP contribution is 2.28. The van der Waals surface area contributed by atoms with Gasteiger partial charge in [-0.15, -0.1) is 0 Å². The van der Waals surface area contributed by atoms with Crippen molar-refractivity contribution >= 4 is 51.7 Å². The molecule has 0 atom stereocenters. The lowest BCUT2D eigenvalue weighted by molar-refractivity contribution is 0.0953. The summed E-state index contributed by atoms with van der Waals surface area (Å²) in [6.45, 7) is 0.195. The summed E-state index contributed by atoms with van der Waals surface area (Å²) in [4.78, 5) is 22.5. The summed E-state index contributed by atoms with van der Waals surface area (Å²) in [5.74, 6) is -0.674. The second kappa shape index (κ2) is 8.92. The van der Waals surface area contributed by atoms with Crippen LogP contribution in [0.3, 0.4) is 0 Å². The second-order valence-corrected chi connectivity index (χ2v) is 8.00. The van der Waals surface area contributed by atoms with Crippen LogP contribution in [0.15, 0.2) is 77.9 Å². The predicted molar refractivity (Wildman–Crippen MR) is 131 cm³/mol. The number of nitrogens with two attached hydrogens (primary N) is 1. The highest BCUT2D eigenvalue weighted by Gasteiger charge is 2.24. The van der Waals surface area contributed by atoms with Crippen molar-refractivity contribution in [3.05, 3.63) is 100 Å². The standard InChI is InChI=1S/C25H18ClFN6O/c26-17-9-5-16(6-10-17)14-30-33-23(28)21(25(34)29-13-15-7-11-18(27)12-8-15)22-24(33)32-20-4-2-1-3-19(20)31-22/h1-12,14H,13,28H2,(H,29,34). The number of anilines is 1. The summed E-state index contributed by atoms with van der Waals surface area (Å²) in [6.07, 6.45) is 1.60. The van der Waals surface area contributed by atoms with Gasteiger partial charge in [0.2, 0.25) is 0 Å². The summed E-state index contributed by atoms with van der Waals surface area (Å²) in [7, 11) is 0. The van der Waals surface area contributed by atoms with E-state index in [0.717, 1.165) is 11.1 Å². The average Bonchev–Trinajstić information content (AvgIpc) is 3.11. The molecule has 5 rings (SSSR count). The van der Waals surface area contributed by atoms with Crippen molar-refractivity contribution in [3.63, 3.8) is 0 Å². The molecular formula is C25H18ClFN6O. The second-order valence-electron chi connectivity index (χ2n) is 7.56. The van der Waals surface area contributed by atoms with Crippen molar-refractivity contribution in [1.82, 2.24) is 20.0 Å². The van der Waals surface area contributed by atoms with Gasteiger partial charge in [-0.1, -0.05) is 48.0 Å². The smallest absolute Gasteiger partial charge is 0.257 e. The van der Waals surface area contributed by atoms with E-state index in [1.54, 1.807) is 30.5 Å². The number of hydrogen-bond donors (Lipinski definition) is 2. The number of benzene rings is 3. The first-order chi connectivity index (χ1) is 16.5. The molecule has 0 bridgehead atoms. The molecule has 0 unspecified atom stereocenters. The van der Waals surface area contributed by atoms with Crippen LogP contribution in [0.25, 0.3) is 22.2 Å². The van der Waals surface area contributed by atoms with Crippen LogP contribution in [-0.4, -0.2) is 26.8 Å². The van der Waals surface area contributed by atoms with Crippen molar-refractivity contribution in [2.24, 2.45) is 5.10 Å². The molecule has 0 saturated carbocycles. The number of nitrogens with one attached hydrogen (secondary N) is 1. The van der Waals surface area contributed by atoms with Gasteiger partial charge in [0.05, 0.1) is 17.2 Å². The van der Waals surface area contributed by atoms with E-state index in [-0.39, 0.29) is 23.7 Å². The lowest BCUT2D eigenvalue weighted by Crippen LogP contribution is -2.23. The number of fused-ring (bicyclic) bond motifs is 2. The number of hydrogen-bond acceptors (Lipinski definition) is 5. The van der Waals surface area contributed by atoms with E-state index < -0.39 is 5.91 Å². The number of carbonyl (C=O) groups is 1. The first kappa shape index (κ1) is 21.5. The zero-order valence-electron chi connectivity index (χ0n) is 17.7. The number of para-hydroxylation sites is 2. The van der Waals surface area contributed by atoms with Crippen molar-refractivity contribution in [1.29, 1.82) is 0 Å². The van der Waals surface area contributed by atoms with E-state index in [1.807, 2.05) is 36.4 Å². The molecule has 34 heavy (non-hydrogen) atoms. The molecule has 9 heteroatoms. The summed E-state index contributed by atoms with van der Waals surface area (Å²) < 4.78 is 14.6. The van der Waals surface area contributed by atoms with Crippen LogP contribution in [0.4, 0.5) is 10.2 Å². The minimum Gasteiger partial charge on any atom is -0.383 e. The Labute approximate surface area is 198 Å². The van der Waals surface area contributed by atoms with Crippen LogP contribution >= 0.6 is 11.6 Å². The third kappa shape index (κ3) is 4.18. The van der Waals surface area contributed by atoms with Gasteiger partial charge in [-0.25, -0.2) is 14.4 Å². The fourth-order valence-corrected chi connectivity index (χ4v) is 3.66. The van der Waals surface area contributed by atoms with E-state index in [9.17, 15) is 9.18 Å². The number of nitrogen functional groups attached to an aromatic ring is 1. The Balaban J connectivity index is 1.57. The largest absolute Gasteiger partial charge is 0.383 e. The van der Waals surface area contributed by atoms with Crippen LogP contribution in [0, 0.1) is 5.82 Å². The van der Waals surface area contributed by atoms with Crippen LogP contribution in [-0.2, 0) is 6.54 Å². The highest BCUT2D eigenvalue weighted by molar-refractivity contribution is 6.30. The Bertz CT molecular complexity index is 1540. The molecular weight excluding hydrogens is 455 g/mol. The van der Waals surface area contributed by atoms with Crippen LogP contribution in [0.5, 0.6) is 0 Å². The van der Waals surface area contributed by atoms with Gasteiger partial charge >= 0.3 is 0 Å². The molecule has 0 aliphatic heterocycles. The quantitative estimate of drug-likeness (QED) is 0.360. The Morgan fingerprint density at radius 3 is 2.41 bits per heavy atom. The molecule has 2 heterocycles. The molecule has 2 aromatic heterocycles. The monoisotopic (exact) mass is 472 g/mol. The zero-order valence-corrected chi connectivity index (χ0v) is 18.5. The number of rotatable bonds is 5. The van der Waals surface area contributed by atoms with Crippen LogP contribution in [0.2, 0.25) is 5.02 Å². The third-order valence-electron chi connectivity index (χ3n) is 5.26. The summed E-state index contributed by atoms with van der Waals surface area (Å²) >= 11 is 5.96. The van der Waals surface area contributed by atoms with Gasteiger partial charge in [0.1, 0.15) is 22.7 Å². The fraction of sp³-hybridized carbons (Fsp3) is 0.0400. The predicted octanol–water partition coefficient (Wildman–Crippen LogP) is 4.77. The molecule has 168 valence electrons. The highest BCUT2D eigenvalue weighted by atomic mass is 35.5. The van der Waals surface area contributed by atoms with Gasteiger partial charge in [-0.3, -0.25) is 4.79 Å². The fourth-order valence-electron chi connectivity index (χ4n) is 3.53. The Hall–Kier alpha value is -4.30. The van der Waals surface area contributed by atoms with Crippen molar-refractivity contribution < 1.29 is 9.18 Å². The van der Waals surface area contributed by atoms with E-state index in [0.29, 0.717) is 27.2 Å². The van der Waals surface area contributed by atoms with Gasteiger partial charge in [0.15, 0.2) is 5.65 Å². The molecule has 0 saturated heterocycles. The van der Waals surface area contributed by atoms with Gasteiger partial charge in [0, 0.05) is 11.6 Å². The number of halogens is 2. The lowest BCUT2D eigenvalue weighted by Gasteiger charge is -2.06. The molecule has 3 aromatic carbocycles. The van der Waals surface area contributed by atoms with E-state index >= 15 is 0 Å². The van der Waals surface area contributed by atoms with Gasteiger partial charge < -0.3 is 11.1 Å². The third-order valence-corrected chi connectivity index (χ3v) is 5.51. The topological polar surface area (TPSA) is 98.2 Å². The number of carbonyl (C=O) groups excluding carboxylic acids is 1. The van der Waals surface area contributed by atoms with Crippen molar-refractivity contribution in [2.75, 3.05) is 5.73 Å². The van der Waals surface area contributed by atoms with E-state index in [1.165, 1.54) is 16.8 Å². The molecule has 5 aromatic rings. The Morgan fingerprint density at radius 2 is 1.71 bits per heavy atom. The van der Waals surface area contributed by atoms with E-state index in [4.69, 9.17) is 17.3 Å². The van der Waals surface area contributed by atoms with Crippen LogP contribution in [0.1, 0.15) is 21.5 Å². The molecule has 3 N–H and O–H groups in total. The van der Waals surface area contributed by atoms with Crippen molar-refractivity contribution in [2.45, 2.75) is 6.54 Å². The first-order valence-corrected chi connectivity index (χ1v) is 10.8. The molecule has 0 radical (unpaired) electrons. The average molecular weight is 473 g/mol. The SMILES string of the molecule is Nc1c(C(=O)NCc2ccc(F)cc2)c2nc3ccccc3nc2n1N=Cc1ccc(Cl)cc1. The lowest BCUT2D eigenvalue weighted by atomic mass is 10.2. The molecule has 7 nitrogen and oxygen atoms in total. The summed E-state index contributed by atoms with van der Waals surface area (Å²) in [5.41, 5.74) is 10.1. The maximum absolute atomic E-state index is 13.2. The molecule has 0 aliphatic carbocycles. The minimum atomic E-state index is -0.433. The van der Waals surface area contributed by atoms with Crippen LogP contribution < -0.4 is 11.1 Å². The molecule has 0 fully saturated rings. The molecule has 1 amide bonds. The maximum atomic E-state index is 13.2. The number of nitrogens with zero attached hydrogens (tertiary/aromatic N) is 4. The van der Waals surface area contributed by atoms with Gasteiger partial charge in [-0.05, 0) is 47.5 Å². The van der Waals surface area contributed by atoms with Crippen molar-refractivity contribution in [3.8, 4) is 0 Å². The number of amides is 1. The normalized spacial score (nSPS) is 11.5. The van der Waals surface area contributed by atoms with Gasteiger partial charge in [-0.2, -0.15) is 9.78 Å². The molecule has 0 aliphatic rings. The number of aromatic nitrogens is 3. The Kier molecular flexibility index (Phi) is 5.65. The molecule has 0 spiro atoms. The van der Waals surface area contributed by atoms with Gasteiger partial charge in [0.25, 0.3) is 5.91 Å². The first-order valence-electron chi connectivity index (χ1n) is 10.4.